The molecular weight excluding hydrogens is 280 g/mol. The van der Waals surface area contributed by atoms with Crippen molar-refractivity contribution < 1.29 is 9.47 Å². The molecule has 1 aromatic carbocycles. The molecule has 3 rings (SSSR count). The van der Waals surface area contributed by atoms with Crippen LogP contribution in [0.25, 0.3) is 0 Å². The lowest BCUT2D eigenvalue weighted by Crippen LogP contribution is -2.37. The molecule has 2 heterocycles. The fourth-order valence-corrected chi connectivity index (χ4v) is 2.20. The highest BCUT2D eigenvalue weighted by Crippen LogP contribution is 2.21. The lowest BCUT2D eigenvalue weighted by atomic mass is 10.2. The van der Waals surface area contributed by atoms with Gasteiger partial charge in [-0.1, -0.05) is 18.2 Å². The number of benzene rings is 1. The highest BCUT2D eigenvalue weighted by atomic mass is 16.5. The second-order valence-electron chi connectivity index (χ2n) is 4.86. The molecule has 0 spiro atoms. The predicted molar refractivity (Wildman–Crippen MR) is 80.5 cm³/mol. The molecule has 6 nitrogen and oxygen atoms in total. The fraction of sp³-hybridized carbons (Fsp3) is 0.312. The van der Waals surface area contributed by atoms with Crippen LogP contribution < -0.4 is 9.64 Å². The number of nitrogens with zero attached hydrogens (tertiary/aromatic N) is 4. The molecule has 0 bridgehead atoms. The summed E-state index contributed by atoms with van der Waals surface area (Å²) in [4.78, 5) is 10.7. The van der Waals surface area contributed by atoms with Crippen molar-refractivity contribution >= 4 is 5.95 Å². The normalized spacial score (nSPS) is 15.9. The summed E-state index contributed by atoms with van der Waals surface area (Å²) in [6, 6.07) is 11.4. The highest BCUT2D eigenvalue weighted by Gasteiger charge is 2.17. The van der Waals surface area contributed by atoms with Gasteiger partial charge in [0.05, 0.1) is 13.2 Å². The average molecular weight is 296 g/mol. The Kier molecular flexibility index (Phi) is 4.47. The molecule has 1 aromatic heterocycles. The number of hydrogen-bond donors (Lipinski definition) is 0. The van der Waals surface area contributed by atoms with Crippen molar-refractivity contribution in [3.05, 3.63) is 48.3 Å². The van der Waals surface area contributed by atoms with E-state index in [0.717, 1.165) is 13.1 Å². The van der Waals surface area contributed by atoms with Gasteiger partial charge in [0.1, 0.15) is 11.8 Å². The summed E-state index contributed by atoms with van der Waals surface area (Å²) in [6.07, 6.45) is 2.57. The van der Waals surface area contributed by atoms with Crippen LogP contribution in [0.2, 0.25) is 0 Å². The zero-order chi connectivity index (χ0) is 15.2. The Balaban J connectivity index is 1.71. The average Bonchev–Trinajstić information content (AvgIpc) is 2.61. The molecule has 1 atom stereocenters. The monoisotopic (exact) mass is 296 g/mol. The second-order valence-corrected chi connectivity index (χ2v) is 4.86. The first kappa shape index (κ1) is 14.3. The number of hydrogen-bond acceptors (Lipinski definition) is 6. The van der Waals surface area contributed by atoms with E-state index in [1.165, 1.54) is 0 Å². The highest BCUT2D eigenvalue weighted by molar-refractivity contribution is 5.32. The van der Waals surface area contributed by atoms with Crippen LogP contribution in [0.1, 0.15) is 11.7 Å². The molecule has 1 unspecified atom stereocenters. The van der Waals surface area contributed by atoms with Gasteiger partial charge in [-0.25, -0.2) is 9.97 Å². The van der Waals surface area contributed by atoms with Crippen molar-refractivity contribution in [3.8, 4) is 11.8 Å². The molecule has 0 N–H and O–H groups in total. The van der Waals surface area contributed by atoms with Gasteiger partial charge in [-0.05, 0) is 12.1 Å². The van der Waals surface area contributed by atoms with E-state index in [0.29, 0.717) is 30.5 Å². The first-order valence-electron chi connectivity index (χ1n) is 7.13. The van der Waals surface area contributed by atoms with Gasteiger partial charge in [-0.2, -0.15) is 5.26 Å². The van der Waals surface area contributed by atoms with Gasteiger partial charge in [-0.3, -0.25) is 0 Å². The summed E-state index contributed by atoms with van der Waals surface area (Å²) < 4.78 is 11.0. The quantitative estimate of drug-likeness (QED) is 0.859. The fourth-order valence-electron chi connectivity index (χ4n) is 2.20. The lowest BCUT2D eigenvalue weighted by molar-refractivity contribution is 0.122. The first-order valence-corrected chi connectivity index (χ1v) is 7.13. The summed E-state index contributed by atoms with van der Waals surface area (Å²) in [5.74, 6) is 1.30. The third-order valence-electron chi connectivity index (χ3n) is 3.37. The van der Waals surface area contributed by atoms with Crippen molar-refractivity contribution in [3.63, 3.8) is 0 Å². The maximum Gasteiger partial charge on any atom is 0.225 e. The van der Waals surface area contributed by atoms with Crippen LogP contribution in [0.4, 0.5) is 5.95 Å². The van der Waals surface area contributed by atoms with Crippen molar-refractivity contribution in [1.82, 2.24) is 9.97 Å². The minimum Gasteiger partial charge on any atom is -0.471 e. The second kappa shape index (κ2) is 6.87. The molecular formula is C16H16N4O2. The van der Waals surface area contributed by atoms with Crippen molar-refractivity contribution in [2.24, 2.45) is 0 Å². The third-order valence-corrected chi connectivity index (χ3v) is 3.37. The van der Waals surface area contributed by atoms with E-state index in [-0.39, 0.29) is 0 Å². The summed E-state index contributed by atoms with van der Waals surface area (Å²) in [5.41, 5.74) is 0.642. The van der Waals surface area contributed by atoms with E-state index in [9.17, 15) is 5.26 Å². The molecule has 22 heavy (non-hydrogen) atoms. The number of nitriles is 1. The Labute approximate surface area is 128 Å². The van der Waals surface area contributed by atoms with E-state index in [1.807, 2.05) is 30.3 Å². The molecule has 0 saturated carbocycles. The van der Waals surface area contributed by atoms with Crippen LogP contribution in [0, 0.1) is 11.3 Å². The Morgan fingerprint density at radius 1 is 1.14 bits per heavy atom. The third kappa shape index (κ3) is 3.32. The topological polar surface area (TPSA) is 71.3 Å². The van der Waals surface area contributed by atoms with Crippen LogP contribution in [0.3, 0.4) is 0 Å². The molecule has 112 valence electrons. The number of para-hydroxylation sites is 1. The number of morpholine rings is 1. The molecule has 0 amide bonds. The number of anilines is 1. The standard InChI is InChI=1S/C16H16N4O2/c17-10-15(22-14-4-2-1-3-5-14)13-11-18-16(19-12-13)20-6-8-21-9-7-20/h1-5,11-12,15H,6-9H2. The molecule has 2 aromatic rings. The molecule has 0 aliphatic carbocycles. The van der Waals surface area contributed by atoms with Crippen LogP contribution in [-0.2, 0) is 4.74 Å². The summed E-state index contributed by atoms with van der Waals surface area (Å²) in [5, 5.41) is 9.30. The van der Waals surface area contributed by atoms with E-state index >= 15 is 0 Å². The molecule has 1 aliphatic heterocycles. The Morgan fingerprint density at radius 2 is 1.82 bits per heavy atom. The predicted octanol–water partition coefficient (Wildman–Crippen LogP) is 1.96. The summed E-state index contributed by atoms with van der Waals surface area (Å²) in [6.45, 7) is 2.93. The maximum absolute atomic E-state index is 9.30. The first-order chi connectivity index (χ1) is 10.9. The Hall–Kier alpha value is -2.65. The van der Waals surface area contributed by atoms with Crippen LogP contribution >= 0.6 is 0 Å². The molecule has 6 heteroatoms. The minimum absolute atomic E-state index is 0.642. The van der Waals surface area contributed by atoms with E-state index in [1.54, 1.807) is 12.4 Å². The van der Waals surface area contributed by atoms with Gasteiger partial charge >= 0.3 is 0 Å². The molecule has 1 fully saturated rings. The minimum atomic E-state index is -0.721. The zero-order valence-corrected chi connectivity index (χ0v) is 12.1. The van der Waals surface area contributed by atoms with Crippen LogP contribution in [0.15, 0.2) is 42.7 Å². The smallest absolute Gasteiger partial charge is 0.225 e. The summed E-state index contributed by atoms with van der Waals surface area (Å²) in [7, 11) is 0. The van der Waals surface area contributed by atoms with E-state index in [4.69, 9.17) is 9.47 Å². The zero-order valence-electron chi connectivity index (χ0n) is 12.1. The molecule has 1 saturated heterocycles. The van der Waals surface area contributed by atoms with Gasteiger partial charge < -0.3 is 14.4 Å². The Bertz CT molecular complexity index is 633. The van der Waals surface area contributed by atoms with Crippen molar-refractivity contribution in [2.75, 3.05) is 31.2 Å². The molecule has 1 aliphatic rings. The number of rotatable bonds is 4. The summed E-state index contributed by atoms with van der Waals surface area (Å²) >= 11 is 0. The van der Waals surface area contributed by atoms with Gasteiger partial charge in [-0.15, -0.1) is 0 Å². The Morgan fingerprint density at radius 3 is 2.45 bits per heavy atom. The SMILES string of the molecule is N#CC(Oc1ccccc1)c1cnc(N2CCOCC2)nc1. The van der Waals surface area contributed by atoms with Crippen molar-refractivity contribution in [1.29, 1.82) is 5.26 Å². The van der Waals surface area contributed by atoms with E-state index in [2.05, 4.69) is 20.9 Å². The van der Waals surface area contributed by atoms with Gasteiger partial charge in [0.15, 0.2) is 0 Å². The van der Waals surface area contributed by atoms with Crippen LogP contribution in [-0.4, -0.2) is 36.3 Å². The maximum atomic E-state index is 9.30. The number of ether oxygens (including phenoxy) is 2. The van der Waals surface area contributed by atoms with Gasteiger partial charge in [0.25, 0.3) is 0 Å². The van der Waals surface area contributed by atoms with E-state index < -0.39 is 6.10 Å². The lowest BCUT2D eigenvalue weighted by Gasteiger charge is -2.26. The van der Waals surface area contributed by atoms with Crippen LogP contribution in [0.5, 0.6) is 5.75 Å². The van der Waals surface area contributed by atoms with Gasteiger partial charge in [0.2, 0.25) is 12.1 Å². The van der Waals surface area contributed by atoms with Gasteiger partial charge in [0, 0.05) is 31.0 Å². The number of aromatic nitrogens is 2. The molecule has 0 radical (unpaired) electrons. The van der Waals surface area contributed by atoms with Crippen molar-refractivity contribution in [2.45, 2.75) is 6.10 Å². The largest absolute Gasteiger partial charge is 0.471 e.